The summed E-state index contributed by atoms with van der Waals surface area (Å²) >= 11 is 0. The fourth-order valence-electron chi connectivity index (χ4n) is 1.01. The highest BCUT2D eigenvalue weighted by Gasteiger charge is 2.51. The van der Waals surface area contributed by atoms with Gasteiger partial charge in [0.1, 0.15) is 5.56 Å². The number of aromatic nitrogens is 1. The molecular formula is C7H4F6NO+. The molecule has 8 heteroatoms. The van der Waals surface area contributed by atoms with Crippen LogP contribution in [-0.2, 0) is 12.4 Å². The number of hydrogen-bond donors (Lipinski definition) is 1. The molecule has 2 nitrogen and oxygen atoms in total. The first-order chi connectivity index (χ1) is 6.64. The van der Waals surface area contributed by atoms with E-state index in [0.29, 0.717) is 12.3 Å². The zero-order valence-electron chi connectivity index (χ0n) is 6.89. The molecule has 0 fully saturated rings. The van der Waals surface area contributed by atoms with Gasteiger partial charge in [0.15, 0.2) is 0 Å². The summed E-state index contributed by atoms with van der Waals surface area (Å²) in [5.74, 6) is 0. The first kappa shape index (κ1) is 11.6. The number of pyridine rings is 1. The molecule has 0 atom stereocenters. The molecule has 0 unspecified atom stereocenters. The van der Waals surface area contributed by atoms with Gasteiger partial charge in [0.05, 0.1) is 0 Å². The molecule has 0 aromatic carbocycles. The van der Waals surface area contributed by atoms with E-state index in [0.717, 1.165) is 0 Å². The molecule has 0 spiro atoms. The summed E-state index contributed by atoms with van der Waals surface area (Å²) in [5, 5.41) is 8.69. The molecule has 0 aliphatic heterocycles. The van der Waals surface area contributed by atoms with Gasteiger partial charge in [-0.2, -0.15) is 26.3 Å². The van der Waals surface area contributed by atoms with Crippen molar-refractivity contribution in [1.29, 1.82) is 0 Å². The SMILES string of the molecule is O[n+]1cccc(C(F)(F)F)c1C(F)(F)F. The molecular weight excluding hydrogens is 228 g/mol. The highest BCUT2D eigenvalue weighted by molar-refractivity contribution is 5.21. The molecule has 1 aromatic rings. The summed E-state index contributed by atoms with van der Waals surface area (Å²) < 4.78 is 72.3. The van der Waals surface area contributed by atoms with E-state index in [2.05, 4.69) is 0 Å². The summed E-state index contributed by atoms with van der Waals surface area (Å²) in [4.78, 5) is 0. The van der Waals surface area contributed by atoms with Gasteiger partial charge in [-0.15, -0.1) is 0 Å². The predicted octanol–water partition coefficient (Wildman–Crippen LogP) is 2.25. The number of alkyl halides is 6. The number of rotatable bonds is 0. The van der Waals surface area contributed by atoms with Gasteiger partial charge in [-0.05, 0) is 6.07 Å². The van der Waals surface area contributed by atoms with Crippen LogP contribution < -0.4 is 4.73 Å². The molecule has 0 amide bonds. The third-order valence-corrected chi connectivity index (χ3v) is 1.55. The molecule has 1 rings (SSSR count). The largest absolute Gasteiger partial charge is 0.483 e. The van der Waals surface area contributed by atoms with Crippen LogP contribution >= 0.6 is 0 Å². The lowest BCUT2D eigenvalue weighted by Crippen LogP contribution is -2.41. The highest BCUT2D eigenvalue weighted by atomic mass is 19.4. The minimum Gasteiger partial charge on any atom is -0.285 e. The van der Waals surface area contributed by atoms with Crippen LogP contribution in [0.4, 0.5) is 26.3 Å². The van der Waals surface area contributed by atoms with Crippen molar-refractivity contribution in [3.8, 4) is 0 Å². The second kappa shape index (κ2) is 3.28. The van der Waals surface area contributed by atoms with Crippen LogP contribution in [0.3, 0.4) is 0 Å². The van der Waals surface area contributed by atoms with Gasteiger partial charge in [0.2, 0.25) is 6.20 Å². The minimum atomic E-state index is -5.28. The Hall–Kier alpha value is -1.47. The smallest absolute Gasteiger partial charge is 0.285 e. The second-order valence-electron chi connectivity index (χ2n) is 2.61. The van der Waals surface area contributed by atoms with E-state index in [1.165, 1.54) is 0 Å². The summed E-state index contributed by atoms with van der Waals surface area (Å²) in [7, 11) is 0. The Morgan fingerprint density at radius 1 is 1.00 bits per heavy atom. The van der Waals surface area contributed by atoms with Gasteiger partial charge in [-0.25, -0.2) is 0 Å². The van der Waals surface area contributed by atoms with Gasteiger partial charge in [0, 0.05) is 10.8 Å². The first-order valence-corrected chi connectivity index (χ1v) is 3.52. The minimum absolute atomic E-state index is 0.246. The molecule has 0 aliphatic rings. The van der Waals surface area contributed by atoms with E-state index in [1.54, 1.807) is 0 Å². The standard InChI is InChI=1S/C7H4F6NO/c8-6(9,10)4-2-1-3-14(15)5(4)7(11,12)13/h1-3,15H/q+1. The van der Waals surface area contributed by atoms with E-state index in [9.17, 15) is 26.3 Å². The lowest BCUT2D eigenvalue weighted by Gasteiger charge is -2.09. The van der Waals surface area contributed by atoms with Crippen molar-refractivity contribution in [1.82, 2.24) is 0 Å². The summed E-state index contributed by atoms with van der Waals surface area (Å²) in [6.45, 7) is 0. The van der Waals surface area contributed by atoms with E-state index in [1.807, 2.05) is 0 Å². The summed E-state index contributed by atoms with van der Waals surface area (Å²) in [6, 6.07) is 0.910. The second-order valence-corrected chi connectivity index (χ2v) is 2.61. The van der Waals surface area contributed by atoms with Gasteiger partial charge < -0.3 is 0 Å². The lowest BCUT2D eigenvalue weighted by molar-refractivity contribution is -0.915. The van der Waals surface area contributed by atoms with Crippen LogP contribution in [0.1, 0.15) is 11.3 Å². The predicted molar refractivity (Wildman–Crippen MR) is 33.8 cm³/mol. The molecule has 0 radical (unpaired) electrons. The van der Waals surface area contributed by atoms with Crippen molar-refractivity contribution in [2.45, 2.75) is 12.4 Å². The molecule has 15 heavy (non-hydrogen) atoms. The van der Waals surface area contributed by atoms with Crippen molar-refractivity contribution in [3.63, 3.8) is 0 Å². The fourth-order valence-corrected chi connectivity index (χ4v) is 1.01. The van der Waals surface area contributed by atoms with Gasteiger partial charge in [0.25, 0.3) is 0 Å². The van der Waals surface area contributed by atoms with Crippen LogP contribution in [0.15, 0.2) is 18.3 Å². The summed E-state index contributed by atoms with van der Waals surface area (Å²) in [6.07, 6.45) is -9.98. The Morgan fingerprint density at radius 2 is 1.53 bits per heavy atom. The number of halogens is 6. The van der Waals surface area contributed by atoms with Crippen molar-refractivity contribution < 1.29 is 36.3 Å². The van der Waals surface area contributed by atoms with E-state index in [-0.39, 0.29) is 6.07 Å². The van der Waals surface area contributed by atoms with Gasteiger partial charge >= 0.3 is 18.0 Å². The van der Waals surface area contributed by atoms with E-state index < -0.39 is 28.3 Å². The van der Waals surface area contributed by atoms with Crippen molar-refractivity contribution >= 4 is 0 Å². The van der Waals surface area contributed by atoms with Crippen LogP contribution in [-0.4, -0.2) is 5.21 Å². The summed E-state index contributed by atoms with van der Waals surface area (Å²) in [5.41, 5.74) is -4.07. The molecule has 0 aliphatic carbocycles. The molecule has 1 heterocycles. The van der Waals surface area contributed by atoms with Crippen LogP contribution in [0.25, 0.3) is 0 Å². The highest BCUT2D eigenvalue weighted by Crippen LogP contribution is 2.37. The monoisotopic (exact) mass is 232 g/mol. The maximum atomic E-state index is 12.2. The molecule has 84 valence electrons. The maximum absolute atomic E-state index is 12.2. The van der Waals surface area contributed by atoms with Crippen molar-refractivity contribution in [3.05, 3.63) is 29.6 Å². The Balaban J connectivity index is 3.48. The topological polar surface area (TPSA) is 24.1 Å². The van der Waals surface area contributed by atoms with Crippen LogP contribution in [0.5, 0.6) is 0 Å². The average molecular weight is 232 g/mol. The molecule has 0 saturated carbocycles. The quantitative estimate of drug-likeness (QED) is 0.414. The molecule has 0 saturated heterocycles. The Morgan fingerprint density at radius 3 is 1.87 bits per heavy atom. The fraction of sp³-hybridized carbons (Fsp3) is 0.286. The maximum Gasteiger partial charge on any atom is 0.483 e. The van der Waals surface area contributed by atoms with Gasteiger partial charge in [-0.1, -0.05) is 0 Å². The number of hydrogen-bond acceptors (Lipinski definition) is 1. The zero-order chi connectivity index (χ0) is 11.9. The molecule has 1 aromatic heterocycles. The van der Waals surface area contributed by atoms with Crippen molar-refractivity contribution in [2.75, 3.05) is 0 Å². The number of nitrogens with zero attached hydrogens (tertiary/aromatic N) is 1. The Kier molecular flexibility index (Phi) is 2.54. The Bertz CT molecular complexity index is 369. The van der Waals surface area contributed by atoms with E-state index in [4.69, 9.17) is 5.21 Å². The third kappa shape index (κ3) is 2.31. The normalized spacial score (nSPS) is 12.9. The van der Waals surface area contributed by atoms with Gasteiger partial charge in [-0.3, -0.25) is 5.21 Å². The molecule has 1 N–H and O–H groups in total. The van der Waals surface area contributed by atoms with Crippen LogP contribution in [0, 0.1) is 0 Å². The Labute approximate surface area is 79.3 Å². The average Bonchev–Trinajstić information content (AvgIpc) is 1.99. The van der Waals surface area contributed by atoms with Crippen LogP contribution in [0.2, 0.25) is 0 Å². The third-order valence-electron chi connectivity index (χ3n) is 1.55. The van der Waals surface area contributed by atoms with Crippen molar-refractivity contribution in [2.24, 2.45) is 0 Å². The molecule has 0 bridgehead atoms. The first-order valence-electron chi connectivity index (χ1n) is 3.52. The zero-order valence-corrected chi connectivity index (χ0v) is 6.89. The lowest BCUT2D eigenvalue weighted by atomic mass is 10.2. The van der Waals surface area contributed by atoms with E-state index >= 15 is 0 Å².